The topological polar surface area (TPSA) is 81.3 Å². The van der Waals surface area contributed by atoms with Crippen molar-refractivity contribution in [2.24, 2.45) is 0 Å². The molecule has 29 heavy (non-hydrogen) atoms. The van der Waals surface area contributed by atoms with Crippen LogP contribution in [0.2, 0.25) is 0 Å². The number of thiazole rings is 1. The maximum Gasteiger partial charge on any atom is 0.433 e. The molecule has 1 fully saturated rings. The van der Waals surface area contributed by atoms with E-state index in [1.807, 2.05) is 0 Å². The van der Waals surface area contributed by atoms with Crippen molar-refractivity contribution < 1.29 is 18.0 Å². The monoisotopic (exact) mass is 425 g/mol. The van der Waals surface area contributed by atoms with Gasteiger partial charge in [0.15, 0.2) is 4.96 Å². The summed E-state index contributed by atoms with van der Waals surface area (Å²) < 4.78 is 42.3. The fourth-order valence-electron chi connectivity index (χ4n) is 3.23. The predicted molar refractivity (Wildman–Crippen MR) is 100 cm³/mol. The quantitative estimate of drug-likeness (QED) is 0.682. The highest BCUT2D eigenvalue weighted by Crippen LogP contribution is 2.41. The van der Waals surface area contributed by atoms with E-state index in [0.29, 0.717) is 17.1 Å². The third-order valence-electron chi connectivity index (χ3n) is 4.69. The van der Waals surface area contributed by atoms with E-state index in [0.717, 1.165) is 41.0 Å². The number of aryl methyl sites for hydroxylation is 1. The summed E-state index contributed by atoms with van der Waals surface area (Å²) in [6.07, 6.45) is -2.89. The maximum absolute atomic E-state index is 13.4. The van der Waals surface area contributed by atoms with Crippen LogP contribution < -0.4 is 10.9 Å². The summed E-state index contributed by atoms with van der Waals surface area (Å²) in [6, 6.07) is 2.23. The van der Waals surface area contributed by atoms with E-state index in [1.165, 1.54) is 4.40 Å². The largest absolute Gasteiger partial charge is 0.433 e. The van der Waals surface area contributed by atoms with Crippen molar-refractivity contribution in [3.05, 3.63) is 50.1 Å². The van der Waals surface area contributed by atoms with E-state index < -0.39 is 23.3 Å². The number of carbonyl (C=O) groups excluding carboxylic acids is 1. The molecular formula is C18H18F3N5O2S. The highest BCUT2D eigenvalue weighted by molar-refractivity contribution is 7.17. The van der Waals surface area contributed by atoms with Gasteiger partial charge in [0.1, 0.15) is 11.4 Å². The van der Waals surface area contributed by atoms with E-state index in [4.69, 9.17) is 0 Å². The zero-order chi connectivity index (χ0) is 20.9. The van der Waals surface area contributed by atoms with Crippen LogP contribution in [0, 0.1) is 6.92 Å². The number of fused-ring (bicyclic) bond motifs is 1. The Kier molecular flexibility index (Phi) is 4.72. The second-order valence-electron chi connectivity index (χ2n) is 6.95. The van der Waals surface area contributed by atoms with Crippen LogP contribution in [-0.2, 0) is 12.7 Å². The van der Waals surface area contributed by atoms with Crippen molar-refractivity contribution >= 4 is 22.2 Å². The second-order valence-corrected chi connectivity index (χ2v) is 8.14. The van der Waals surface area contributed by atoms with Gasteiger partial charge in [0.05, 0.1) is 17.9 Å². The summed E-state index contributed by atoms with van der Waals surface area (Å²) in [6.45, 7) is 3.58. The zero-order valence-electron chi connectivity index (χ0n) is 15.7. The molecular weight excluding hydrogens is 407 g/mol. The van der Waals surface area contributed by atoms with E-state index in [1.54, 1.807) is 13.8 Å². The lowest BCUT2D eigenvalue weighted by Gasteiger charge is -2.10. The molecule has 0 aromatic carbocycles. The Balaban J connectivity index is 1.75. The van der Waals surface area contributed by atoms with Crippen molar-refractivity contribution in [1.29, 1.82) is 0 Å². The first-order chi connectivity index (χ1) is 13.7. The Bertz CT molecular complexity index is 1160. The zero-order valence-corrected chi connectivity index (χ0v) is 16.5. The van der Waals surface area contributed by atoms with Gasteiger partial charge in [0.2, 0.25) is 0 Å². The summed E-state index contributed by atoms with van der Waals surface area (Å²) in [5.74, 6) is -0.327. The highest BCUT2D eigenvalue weighted by atomic mass is 32.1. The van der Waals surface area contributed by atoms with Crippen LogP contribution in [-0.4, -0.2) is 31.6 Å². The van der Waals surface area contributed by atoms with E-state index in [-0.39, 0.29) is 28.8 Å². The van der Waals surface area contributed by atoms with Crippen molar-refractivity contribution in [2.75, 3.05) is 6.54 Å². The van der Waals surface area contributed by atoms with Gasteiger partial charge in [-0.05, 0) is 32.8 Å². The summed E-state index contributed by atoms with van der Waals surface area (Å²) in [5.41, 5.74) is -0.595. The molecule has 154 valence electrons. The standard InChI is InChI=1S/C18H18F3N5O2S/c1-3-22-16(28)15-9(2)29-17-23-11(6-14(27)26(15)17)8-25-13(18(19,20)21)7-12(24-25)10-4-5-10/h6-7,10H,3-5,8H2,1-2H3,(H,22,28). The van der Waals surface area contributed by atoms with Gasteiger partial charge in [0.25, 0.3) is 11.5 Å². The van der Waals surface area contributed by atoms with Gasteiger partial charge in [-0.2, -0.15) is 18.3 Å². The van der Waals surface area contributed by atoms with Gasteiger partial charge in [-0.1, -0.05) is 0 Å². The summed E-state index contributed by atoms with van der Waals surface area (Å²) in [7, 11) is 0. The van der Waals surface area contributed by atoms with Crippen molar-refractivity contribution in [2.45, 2.75) is 45.3 Å². The van der Waals surface area contributed by atoms with E-state index >= 15 is 0 Å². The Labute approximate surface area is 167 Å². The first-order valence-corrected chi connectivity index (χ1v) is 9.96. The Morgan fingerprint density at radius 1 is 1.34 bits per heavy atom. The minimum absolute atomic E-state index is 0.0676. The molecule has 11 heteroatoms. The molecule has 0 unspecified atom stereocenters. The average Bonchev–Trinajstić information content (AvgIpc) is 3.28. The van der Waals surface area contributed by atoms with Crippen LogP contribution in [0.4, 0.5) is 13.2 Å². The summed E-state index contributed by atoms with van der Waals surface area (Å²) in [4.78, 5) is 30.1. The molecule has 4 rings (SSSR count). The van der Waals surface area contributed by atoms with E-state index in [9.17, 15) is 22.8 Å². The lowest BCUT2D eigenvalue weighted by molar-refractivity contribution is -0.144. The number of nitrogens with zero attached hydrogens (tertiary/aromatic N) is 4. The smallest absolute Gasteiger partial charge is 0.351 e. The van der Waals surface area contributed by atoms with Crippen LogP contribution >= 0.6 is 11.3 Å². The number of hydrogen-bond acceptors (Lipinski definition) is 5. The van der Waals surface area contributed by atoms with Crippen molar-refractivity contribution in [3.8, 4) is 0 Å². The lowest BCUT2D eigenvalue weighted by atomic mass is 10.2. The molecule has 1 aliphatic carbocycles. The van der Waals surface area contributed by atoms with Crippen LogP contribution in [0.3, 0.4) is 0 Å². The van der Waals surface area contributed by atoms with Crippen LogP contribution in [0.25, 0.3) is 4.96 Å². The summed E-state index contributed by atoms with van der Waals surface area (Å²) >= 11 is 1.14. The third kappa shape index (κ3) is 3.66. The Hall–Kier alpha value is -2.69. The molecule has 7 nitrogen and oxygen atoms in total. The van der Waals surface area contributed by atoms with Crippen molar-refractivity contribution in [1.82, 2.24) is 24.5 Å². The summed E-state index contributed by atoms with van der Waals surface area (Å²) in [5, 5.41) is 6.75. The average molecular weight is 425 g/mol. The number of aromatic nitrogens is 4. The molecule has 1 amide bonds. The number of halogens is 3. The predicted octanol–water partition coefficient (Wildman–Crippen LogP) is 2.96. The second kappa shape index (κ2) is 6.97. The minimum Gasteiger partial charge on any atom is -0.351 e. The fourth-order valence-corrected chi connectivity index (χ4v) is 4.22. The van der Waals surface area contributed by atoms with Gasteiger partial charge in [0, 0.05) is 23.4 Å². The molecule has 3 aromatic heterocycles. The molecule has 0 bridgehead atoms. The molecule has 1 N–H and O–H groups in total. The van der Waals surface area contributed by atoms with Gasteiger partial charge in [-0.3, -0.25) is 14.3 Å². The first-order valence-electron chi connectivity index (χ1n) is 9.14. The molecule has 0 radical (unpaired) electrons. The minimum atomic E-state index is -4.55. The number of nitrogens with one attached hydrogen (secondary N) is 1. The van der Waals surface area contributed by atoms with Gasteiger partial charge in [-0.25, -0.2) is 9.38 Å². The molecule has 0 saturated heterocycles. The molecule has 3 heterocycles. The van der Waals surface area contributed by atoms with Gasteiger partial charge >= 0.3 is 6.18 Å². The van der Waals surface area contributed by atoms with Crippen molar-refractivity contribution in [3.63, 3.8) is 0 Å². The normalized spacial score (nSPS) is 14.5. The molecule has 0 aliphatic heterocycles. The highest BCUT2D eigenvalue weighted by Gasteiger charge is 2.38. The Morgan fingerprint density at radius 3 is 2.69 bits per heavy atom. The number of alkyl halides is 3. The van der Waals surface area contributed by atoms with Crippen LogP contribution in [0.15, 0.2) is 16.9 Å². The number of hydrogen-bond donors (Lipinski definition) is 1. The maximum atomic E-state index is 13.4. The first kappa shape index (κ1) is 19.6. The Morgan fingerprint density at radius 2 is 2.07 bits per heavy atom. The SMILES string of the molecule is CCNC(=O)c1c(C)sc2nc(Cn3nc(C4CC4)cc3C(F)(F)F)cc(=O)n12. The number of carbonyl (C=O) groups is 1. The lowest BCUT2D eigenvalue weighted by Crippen LogP contribution is -2.28. The molecule has 0 atom stereocenters. The molecule has 0 spiro atoms. The van der Waals surface area contributed by atoms with Gasteiger partial charge in [-0.15, -0.1) is 11.3 Å². The van der Waals surface area contributed by atoms with Gasteiger partial charge < -0.3 is 5.32 Å². The fraction of sp³-hybridized carbons (Fsp3) is 0.444. The molecule has 3 aromatic rings. The van der Waals surface area contributed by atoms with Crippen LogP contribution in [0.5, 0.6) is 0 Å². The van der Waals surface area contributed by atoms with Crippen LogP contribution in [0.1, 0.15) is 58.1 Å². The molecule has 1 saturated carbocycles. The molecule has 1 aliphatic rings. The van der Waals surface area contributed by atoms with E-state index in [2.05, 4.69) is 15.4 Å². The third-order valence-corrected chi connectivity index (χ3v) is 5.65. The number of amides is 1. The number of rotatable bonds is 5.